The van der Waals surface area contributed by atoms with Crippen LogP contribution in [-0.4, -0.2) is 4.92 Å². The molecule has 64 valence electrons. The van der Waals surface area contributed by atoms with Crippen LogP contribution in [0.2, 0.25) is 0 Å². The van der Waals surface area contributed by atoms with Gasteiger partial charge in [0.05, 0.1) is 11.0 Å². The van der Waals surface area contributed by atoms with Crippen LogP contribution in [-0.2, 0) is 0 Å². The van der Waals surface area contributed by atoms with Crippen LogP contribution in [0.1, 0.15) is 12.7 Å². The van der Waals surface area contributed by atoms with E-state index in [1.165, 1.54) is 13.0 Å². The summed E-state index contributed by atoms with van der Waals surface area (Å²) in [6.45, 7) is 1.41. The van der Waals surface area contributed by atoms with Gasteiger partial charge in [-0.2, -0.15) is 0 Å². The molecule has 0 aromatic carbocycles. The summed E-state index contributed by atoms with van der Waals surface area (Å²) < 4.78 is 5.60. The third kappa shape index (κ3) is 2.20. The Hall–Kier alpha value is -1.10. The minimum Gasteiger partial charge on any atom is -0.450 e. The first-order valence-electron chi connectivity index (χ1n) is 3.17. The molecule has 0 bridgehead atoms. The SMILES string of the molecule is CC(=Cc1ccc(Br)o1)[N+](=O)[O-]. The predicted octanol–water partition coefficient (Wildman–Crippen LogP) is 2.68. The largest absolute Gasteiger partial charge is 0.450 e. The number of nitrogens with zero attached hydrogens (tertiary/aromatic N) is 1. The van der Waals surface area contributed by atoms with Crippen LogP contribution < -0.4 is 0 Å². The molecule has 5 heteroatoms. The van der Waals surface area contributed by atoms with Crippen molar-refractivity contribution in [1.82, 2.24) is 0 Å². The maximum Gasteiger partial charge on any atom is 0.246 e. The van der Waals surface area contributed by atoms with E-state index >= 15 is 0 Å². The molecule has 0 amide bonds. The zero-order valence-corrected chi connectivity index (χ0v) is 7.87. The van der Waals surface area contributed by atoms with Crippen molar-refractivity contribution in [1.29, 1.82) is 0 Å². The molecule has 0 aliphatic heterocycles. The molecule has 1 aromatic rings. The van der Waals surface area contributed by atoms with Gasteiger partial charge in [0.1, 0.15) is 5.76 Å². The van der Waals surface area contributed by atoms with E-state index in [1.807, 2.05) is 0 Å². The molecule has 0 aliphatic carbocycles. The van der Waals surface area contributed by atoms with Gasteiger partial charge < -0.3 is 4.42 Å². The number of allylic oxidation sites excluding steroid dienone is 1. The second kappa shape index (κ2) is 3.53. The van der Waals surface area contributed by atoms with Crippen molar-refractivity contribution >= 4 is 22.0 Å². The molecule has 0 fully saturated rings. The quantitative estimate of drug-likeness (QED) is 0.581. The highest BCUT2D eigenvalue weighted by atomic mass is 79.9. The number of hydrogen-bond donors (Lipinski definition) is 0. The minimum absolute atomic E-state index is 0.0526. The van der Waals surface area contributed by atoms with Crippen molar-refractivity contribution in [3.63, 3.8) is 0 Å². The van der Waals surface area contributed by atoms with Gasteiger partial charge >= 0.3 is 0 Å². The molecule has 0 saturated heterocycles. The number of rotatable bonds is 2. The van der Waals surface area contributed by atoms with E-state index in [2.05, 4.69) is 15.9 Å². The Morgan fingerprint density at radius 1 is 1.75 bits per heavy atom. The Labute approximate surface area is 77.2 Å². The van der Waals surface area contributed by atoms with Crippen molar-refractivity contribution in [2.75, 3.05) is 0 Å². The third-order valence-electron chi connectivity index (χ3n) is 1.23. The molecule has 0 saturated carbocycles. The molecule has 12 heavy (non-hydrogen) atoms. The molecular formula is C7H6BrNO3. The van der Waals surface area contributed by atoms with Crippen LogP contribution in [0.25, 0.3) is 6.08 Å². The summed E-state index contributed by atoms with van der Waals surface area (Å²) >= 11 is 3.09. The molecule has 0 radical (unpaired) electrons. The third-order valence-corrected chi connectivity index (χ3v) is 1.66. The lowest BCUT2D eigenvalue weighted by Crippen LogP contribution is -1.92. The predicted molar refractivity (Wildman–Crippen MR) is 47.1 cm³/mol. The summed E-state index contributed by atoms with van der Waals surface area (Å²) in [6.07, 6.45) is 1.37. The zero-order valence-electron chi connectivity index (χ0n) is 6.28. The van der Waals surface area contributed by atoms with E-state index in [0.29, 0.717) is 10.4 Å². The Morgan fingerprint density at radius 3 is 2.83 bits per heavy atom. The lowest BCUT2D eigenvalue weighted by atomic mass is 10.4. The normalized spacial score (nSPS) is 11.7. The van der Waals surface area contributed by atoms with E-state index < -0.39 is 4.92 Å². The average Bonchev–Trinajstić information content (AvgIpc) is 2.35. The highest BCUT2D eigenvalue weighted by Crippen LogP contribution is 2.16. The van der Waals surface area contributed by atoms with E-state index in [-0.39, 0.29) is 5.70 Å². The Balaban J connectivity index is 2.87. The molecule has 4 nitrogen and oxygen atoms in total. The van der Waals surface area contributed by atoms with Gasteiger partial charge in [-0.05, 0) is 28.1 Å². The number of hydrogen-bond acceptors (Lipinski definition) is 3. The Bertz CT molecular complexity index is 329. The monoisotopic (exact) mass is 231 g/mol. The highest BCUT2D eigenvalue weighted by molar-refractivity contribution is 9.10. The molecule has 0 unspecified atom stereocenters. The lowest BCUT2D eigenvalue weighted by molar-refractivity contribution is -0.422. The number of nitro groups is 1. The maximum atomic E-state index is 10.2. The molecule has 0 aliphatic rings. The van der Waals surface area contributed by atoms with Crippen LogP contribution in [0.4, 0.5) is 0 Å². The fourth-order valence-electron chi connectivity index (χ4n) is 0.664. The maximum absolute atomic E-state index is 10.2. The summed E-state index contributed by atoms with van der Waals surface area (Å²) in [5.74, 6) is 0.469. The summed E-state index contributed by atoms with van der Waals surface area (Å²) in [5, 5.41) is 10.2. The molecule has 1 heterocycles. The fourth-order valence-corrected chi connectivity index (χ4v) is 0.984. The second-order valence-electron chi connectivity index (χ2n) is 2.18. The molecule has 0 atom stereocenters. The van der Waals surface area contributed by atoms with Crippen molar-refractivity contribution < 1.29 is 9.34 Å². The molecule has 0 N–H and O–H groups in total. The van der Waals surface area contributed by atoms with E-state index in [0.717, 1.165) is 0 Å². The van der Waals surface area contributed by atoms with Crippen LogP contribution in [0.3, 0.4) is 0 Å². The van der Waals surface area contributed by atoms with Gasteiger partial charge in [-0.25, -0.2) is 0 Å². The highest BCUT2D eigenvalue weighted by Gasteiger charge is 2.04. The average molecular weight is 232 g/mol. The smallest absolute Gasteiger partial charge is 0.246 e. The van der Waals surface area contributed by atoms with Crippen molar-refractivity contribution in [3.05, 3.63) is 38.4 Å². The zero-order chi connectivity index (χ0) is 9.14. The topological polar surface area (TPSA) is 56.3 Å². The van der Waals surface area contributed by atoms with Gasteiger partial charge in [0.2, 0.25) is 5.70 Å². The summed E-state index contributed by atoms with van der Waals surface area (Å²) in [5.41, 5.74) is 0.0526. The Morgan fingerprint density at radius 2 is 2.42 bits per heavy atom. The Kier molecular flexibility index (Phi) is 2.65. The first-order chi connectivity index (χ1) is 5.59. The lowest BCUT2D eigenvalue weighted by Gasteiger charge is -1.86. The first-order valence-corrected chi connectivity index (χ1v) is 3.97. The second-order valence-corrected chi connectivity index (χ2v) is 2.97. The van der Waals surface area contributed by atoms with Gasteiger partial charge in [-0.3, -0.25) is 10.1 Å². The van der Waals surface area contributed by atoms with Gasteiger partial charge in [-0.1, -0.05) is 0 Å². The molecule has 1 rings (SSSR count). The van der Waals surface area contributed by atoms with Crippen LogP contribution >= 0.6 is 15.9 Å². The summed E-state index contributed by atoms with van der Waals surface area (Å²) in [7, 11) is 0. The molecular weight excluding hydrogens is 226 g/mol. The van der Waals surface area contributed by atoms with Crippen molar-refractivity contribution in [2.24, 2.45) is 0 Å². The minimum atomic E-state index is -0.462. The number of halogens is 1. The van der Waals surface area contributed by atoms with Crippen LogP contribution in [0.5, 0.6) is 0 Å². The summed E-state index contributed by atoms with van der Waals surface area (Å²) in [6, 6.07) is 3.33. The standard InChI is InChI=1S/C7H6BrNO3/c1-5(9(10)11)4-6-2-3-7(8)12-6/h2-4H,1H3. The van der Waals surface area contributed by atoms with Gasteiger partial charge in [-0.15, -0.1) is 0 Å². The van der Waals surface area contributed by atoms with E-state index in [4.69, 9.17) is 4.42 Å². The summed E-state index contributed by atoms with van der Waals surface area (Å²) in [4.78, 5) is 9.73. The molecule has 0 spiro atoms. The van der Waals surface area contributed by atoms with E-state index in [9.17, 15) is 10.1 Å². The van der Waals surface area contributed by atoms with E-state index in [1.54, 1.807) is 12.1 Å². The number of furan rings is 1. The van der Waals surface area contributed by atoms with Gasteiger partial charge in [0.25, 0.3) is 0 Å². The van der Waals surface area contributed by atoms with Crippen LogP contribution in [0, 0.1) is 10.1 Å². The van der Waals surface area contributed by atoms with Crippen molar-refractivity contribution in [2.45, 2.75) is 6.92 Å². The molecule has 1 aromatic heterocycles. The first kappa shape index (κ1) is 8.99. The van der Waals surface area contributed by atoms with Crippen molar-refractivity contribution in [3.8, 4) is 0 Å². The fraction of sp³-hybridized carbons (Fsp3) is 0.143. The van der Waals surface area contributed by atoms with Crippen LogP contribution in [0.15, 0.2) is 26.9 Å². The van der Waals surface area contributed by atoms with Gasteiger partial charge in [0.15, 0.2) is 4.67 Å². The van der Waals surface area contributed by atoms with Gasteiger partial charge in [0, 0.05) is 6.92 Å².